The summed E-state index contributed by atoms with van der Waals surface area (Å²) in [6.07, 6.45) is 1.30. The highest BCUT2D eigenvalue weighted by Gasteiger charge is 2.23. The molecule has 2 amide bonds. The van der Waals surface area contributed by atoms with Gasteiger partial charge in [0.05, 0.1) is 10.6 Å². The predicted molar refractivity (Wildman–Crippen MR) is 139 cm³/mol. The van der Waals surface area contributed by atoms with Gasteiger partial charge in [-0.05, 0) is 47.7 Å². The molecule has 0 radical (unpaired) electrons. The van der Waals surface area contributed by atoms with Crippen LogP contribution in [-0.4, -0.2) is 16.8 Å². The molecule has 4 aromatic rings. The zero-order valence-electron chi connectivity index (χ0n) is 18.0. The Morgan fingerprint density at radius 3 is 2.45 bits per heavy atom. The third-order valence-electron chi connectivity index (χ3n) is 4.72. The number of anilines is 2. The highest BCUT2D eigenvalue weighted by molar-refractivity contribution is 8.00. The standard InChI is InChI=1S/C25H23N3O2S3/c1-2-7-22(29)26-18-11-13-19(14-12-18)33-23(17-8-4-3-5-9-17)24(30)28-25-27-20(16-32-25)21-10-6-15-31-21/h3-6,8-16,23H,2,7H2,1H3,(H,26,29)(H,27,28,30). The fourth-order valence-corrected chi connectivity index (χ4v) is 5.64. The summed E-state index contributed by atoms with van der Waals surface area (Å²) in [5, 5.41) is 9.98. The number of benzene rings is 2. The van der Waals surface area contributed by atoms with Gasteiger partial charge in [-0.15, -0.1) is 34.4 Å². The van der Waals surface area contributed by atoms with Gasteiger partial charge in [0.15, 0.2) is 5.13 Å². The molecule has 0 spiro atoms. The Morgan fingerprint density at radius 2 is 1.76 bits per heavy atom. The van der Waals surface area contributed by atoms with Crippen molar-refractivity contribution in [2.45, 2.75) is 29.9 Å². The number of nitrogens with zero attached hydrogens (tertiary/aromatic N) is 1. The van der Waals surface area contributed by atoms with E-state index in [-0.39, 0.29) is 11.8 Å². The Morgan fingerprint density at radius 1 is 0.970 bits per heavy atom. The molecule has 2 aromatic carbocycles. The molecule has 33 heavy (non-hydrogen) atoms. The average Bonchev–Trinajstić information content (AvgIpc) is 3.51. The molecule has 2 aromatic heterocycles. The summed E-state index contributed by atoms with van der Waals surface area (Å²) in [6, 6.07) is 21.3. The summed E-state index contributed by atoms with van der Waals surface area (Å²) in [7, 11) is 0. The van der Waals surface area contributed by atoms with E-state index < -0.39 is 5.25 Å². The van der Waals surface area contributed by atoms with E-state index in [1.165, 1.54) is 23.1 Å². The Balaban J connectivity index is 1.49. The van der Waals surface area contributed by atoms with Gasteiger partial charge in [-0.1, -0.05) is 43.3 Å². The lowest BCUT2D eigenvalue weighted by Gasteiger charge is -2.16. The SMILES string of the molecule is CCCC(=O)Nc1ccc(SC(C(=O)Nc2nc(-c3cccs3)cs2)c2ccccc2)cc1. The van der Waals surface area contributed by atoms with Gasteiger partial charge in [0, 0.05) is 22.4 Å². The molecule has 0 aliphatic rings. The van der Waals surface area contributed by atoms with Gasteiger partial charge in [0.2, 0.25) is 11.8 Å². The number of hydrogen-bond donors (Lipinski definition) is 2. The number of carbonyl (C=O) groups excluding carboxylic acids is 2. The molecule has 8 heteroatoms. The fraction of sp³-hybridized carbons (Fsp3) is 0.160. The van der Waals surface area contributed by atoms with Crippen LogP contribution in [0.3, 0.4) is 0 Å². The Labute approximate surface area is 205 Å². The summed E-state index contributed by atoms with van der Waals surface area (Å²) >= 11 is 4.51. The average molecular weight is 494 g/mol. The van der Waals surface area contributed by atoms with Gasteiger partial charge < -0.3 is 10.6 Å². The van der Waals surface area contributed by atoms with Gasteiger partial charge in [-0.25, -0.2) is 4.98 Å². The molecule has 0 fully saturated rings. The number of thiazole rings is 1. The second-order valence-corrected chi connectivity index (χ2v) is 10.2. The van der Waals surface area contributed by atoms with Crippen LogP contribution in [0.1, 0.15) is 30.6 Å². The molecule has 0 aliphatic carbocycles. The van der Waals surface area contributed by atoms with E-state index in [1.807, 2.05) is 84.4 Å². The van der Waals surface area contributed by atoms with Crippen molar-refractivity contribution in [3.63, 3.8) is 0 Å². The van der Waals surface area contributed by atoms with Gasteiger partial charge in [-0.2, -0.15) is 0 Å². The lowest BCUT2D eigenvalue weighted by atomic mass is 10.1. The molecule has 1 unspecified atom stereocenters. The maximum Gasteiger partial charge on any atom is 0.244 e. The van der Waals surface area contributed by atoms with E-state index in [1.54, 1.807) is 11.3 Å². The number of hydrogen-bond acceptors (Lipinski definition) is 6. The molecule has 168 valence electrons. The van der Waals surface area contributed by atoms with Crippen LogP contribution in [0.25, 0.3) is 10.6 Å². The summed E-state index contributed by atoms with van der Waals surface area (Å²) in [5.41, 5.74) is 2.53. The molecule has 0 saturated heterocycles. The third-order valence-corrected chi connectivity index (χ3v) is 7.63. The van der Waals surface area contributed by atoms with Gasteiger partial charge in [-0.3, -0.25) is 9.59 Å². The van der Waals surface area contributed by atoms with E-state index in [9.17, 15) is 9.59 Å². The second kappa shape index (κ2) is 11.3. The molecular weight excluding hydrogens is 470 g/mol. The van der Waals surface area contributed by atoms with E-state index in [0.717, 1.165) is 33.1 Å². The predicted octanol–water partition coefficient (Wildman–Crippen LogP) is 7.08. The normalized spacial score (nSPS) is 11.7. The summed E-state index contributed by atoms with van der Waals surface area (Å²) in [6.45, 7) is 1.97. The first-order valence-electron chi connectivity index (χ1n) is 10.5. The summed E-state index contributed by atoms with van der Waals surface area (Å²) in [5.74, 6) is -0.122. The first kappa shape index (κ1) is 23.2. The molecule has 2 N–H and O–H groups in total. The molecule has 2 heterocycles. The first-order valence-corrected chi connectivity index (χ1v) is 13.2. The van der Waals surface area contributed by atoms with Crippen molar-refractivity contribution < 1.29 is 9.59 Å². The summed E-state index contributed by atoms with van der Waals surface area (Å²) < 4.78 is 0. The van der Waals surface area contributed by atoms with Crippen LogP contribution in [0.15, 0.2) is 82.4 Å². The van der Waals surface area contributed by atoms with Crippen LogP contribution in [0, 0.1) is 0 Å². The van der Waals surface area contributed by atoms with E-state index in [4.69, 9.17) is 0 Å². The zero-order valence-corrected chi connectivity index (χ0v) is 20.4. The Kier molecular flexibility index (Phi) is 7.93. The molecule has 0 saturated carbocycles. The van der Waals surface area contributed by atoms with Crippen molar-refractivity contribution in [2.75, 3.05) is 10.6 Å². The zero-order chi connectivity index (χ0) is 23.0. The molecule has 4 rings (SSSR count). The molecule has 1 atom stereocenters. The largest absolute Gasteiger partial charge is 0.326 e. The fourth-order valence-electron chi connectivity index (χ4n) is 3.14. The van der Waals surface area contributed by atoms with Crippen LogP contribution in [-0.2, 0) is 9.59 Å². The number of carbonyl (C=O) groups is 2. The van der Waals surface area contributed by atoms with Crippen molar-refractivity contribution in [1.29, 1.82) is 0 Å². The van der Waals surface area contributed by atoms with E-state index >= 15 is 0 Å². The maximum atomic E-state index is 13.3. The minimum atomic E-state index is -0.444. The van der Waals surface area contributed by atoms with Crippen LogP contribution in [0.2, 0.25) is 0 Å². The monoisotopic (exact) mass is 493 g/mol. The smallest absolute Gasteiger partial charge is 0.244 e. The second-order valence-electron chi connectivity index (χ2n) is 7.24. The maximum absolute atomic E-state index is 13.3. The summed E-state index contributed by atoms with van der Waals surface area (Å²) in [4.78, 5) is 31.7. The first-order chi connectivity index (χ1) is 16.1. The number of nitrogens with one attached hydrogen (secondary N) is 2. The third kappa shape index (κ3) is 6.31. The number of thioether (sulfide) groups is 1. The Bertz CT molecular complexity index is 1190. The number of amides is 2. The van der Waals surface area contributed by atoms with Gasteiger partial charge in [0.1, 0.15) is 5.25 Å². The highest BCUT2D eigenvalue weighted by atomic mass is 32.2. The molecular formula is C25H23N3O2S3. The topological polar surface area (TPSA) is 71.1 Å². The van der Waals surface area contributed by atoms with Crippen molar-refractivity contribution in [1.82, 2.24) is 4.98 Å². The lowest BCUT2D eigenvalue weighted by molar-refractivity contribution is -0.116. The van der Waals surface area contributed by atoms with Crippen LogP contribution in [0.5, 0.6) is 0 Å². The molecule has 0 aliphatic heterocycles. The van der Waals surface area contributed by atoms with Crippen molar-refractivity contribution in [3.05, 3.63) is 83.1 Å². The van der Waals surface area contributed by atoms with Crippen molar-refractivity contribution in [3.8, 4) is 10.6 Å². The minimum Gasteiger partial charge on any atom is -0.326 e. The van der Waals surface area contributed by atoms with Crippen molar-refractivity contribution in [2.24, 2.45) is 0 Å². The van der Waals surface area contributed by atoms with E-state index in [2.05, 4.69) is 15.6 Å². The quantitative estimate of drug-likeness (QED) is 0.244. The van der Waals surface area contributed by atoms with Crippen LogP contribution < -0.4 is 10.6 Å². The molecule has 5 nitrogen and oxygen atoms in total. The van der Waals surface area contributed by atoms with Crippen LogP contribution >= 0.6 is 34.4 Å². The lowest BCUT2D eigenvalue weighted by Crippen LogP contribution is -2.19. The number of rotatable bonds is 9. The highest BCUT2D eigenvalue weighted by Crippen LogP contribution is 2.37. The van der Waals surface area contributed by atoms with Gasteiger partial charge in [0.25, 0.3) is 0 Å². The van der Waals surface area contributed by atoms with Crippen molar-refractivity contribution >= 4 is 57.1 Å². The van der Waals surface area contributed by atoms with Gasteiger partial charge >= 0.3 is 0 Å². The van der Waals surface area contributed by atoms with Crippen LogP contribution in [0.4, 0.5) is 10.8 Å². The molecule has 0 bridgehead atoms. The van der Waals surface area contributed by atoms with E-state index in [0.29, 0.717) is 11.6 Å². The Hall–Kier alpha value is -2.94. The number of aromatic nitrogens is 1. The number of thiophene rings is 1. The minimum absolute atomic E-state index is 0.00445.